The van der Waals surface area contributed by atoms with Crippen molar-refractivity contribution in [1.82, 2.24) is 14.4 Å². The first-order valence-corrected chi connectivity index (χ1v) is 15.3. The lowest BCUT2D eigenvalue weighted by Crippen LogP contribution is -2.55. The van der Waals surface area contributed by atoms with E-state index < -0.39 is 0 Å². The third-order valence-corrected chi connectivity index (χ3v) is 8.57. The zero-order chi connectivity index (χ0) is 31.3. The fourth-order valence-electron chi connectivity index (χ4n) is 6.45. The quantitative estimate of drug-likeness (QED) is 0.203. The van der Waals surface area contributed by atoms with Crippen LogP contribution in [0.4, 0.5) is 0 Å². The molecule has 7 heteroatoms. The van der Waals surface area contributed by atoms with Crippen LogP contribution in [0.5, 0.6) is 17.2 Å². The van der Waals surface area contributed by atoms with E-state index in [4.69, 9.17) is 9.47 Å². The lowest BCUT2D eigenvalue weighted by Gasteiger charge is -2.42. The molecule has 0 spiro atoms. The number of ether oxygens (including phenoxy) is 2. The molecule has 0 radical (unpaired) electrons. The summed E-state index contributed by atoms with van der Waals surface area (Å²) in [7, 11) is 3.24. The van der Waals surface area contributed by atoms with Crippen molar-refractivity contribution >= 4 is 5.91 Å². The fraction of sp³-hybridized carbons (Fsp3) is 0.237. The molecular formula is C38H39N3O4. The summed E-state index contributed by atoms with van der Waals surface area (Å²) in [5.41, 5.74) is 6.30. The molecule has 5 aromatic rings. The lowest BCUT2D eigenvalue weighted by molar-refractivity contribution is 0.0439. The molecule has 6 rings (SSSR count). The van der Waals surface area contributed by atoms with Gasteiger partial charge in [-0.25, -0.2) is 0 Å². The third kappa shape index (κ3) is 6.30. The monoisotopic (exact) mass is 601 g/mol. The van der Waals surface area contributed by atoms with Gasteiger partial charge in [0.05, 0.1) is 31.2 Å². The number of benzene rings is 4. The number of rotatable bonds is 9. The van der Waals surface area contributed by atoms with E-state index in [0.717, 1.165) is 48.7 Å². The topological polar surface area (TPSA) is 67.2 Å². The number of aromatic nitrogens is 1. The maximum Gasteiger partial charge on any atom is 0.256 e. The second kappa shape index (κ2) is 13.3. The lowest BCUT2D eigenvalue weighted by atomic mass is 9.99. The summed E-state index contributed by atoms with van der Waals surface area (Å²) in [5, 5.41) is 10.1. The molecule has 1 amide bonds. The molecule has 0 saturated carbocycles. The number of carbonyl (C=O) groups is 1. The summed E-state index contributed by atoms with van der Waals surface area (Å²) < 4.78 is 13.5. The Morgan fingerprint density at radius 2 is 1.51 bits per heavy atom. The van der Waals surface area contributed by atoms with Crippen molar-refractivity contribution in [2.24, 2.45) is 0 Å². The van der Waals surface area contributed by atoms with Gasteiger partial charge in [0.15, 0.2) is 11.5 Å². The van der Waals surface area contributed by atoms with E-state index in [1.54, 1.807) is 26.4 Å². The van der Waals surface area contributed by atoms with Crippen LogP contribution in [0, 0.1) is 6.92 Å². The molecule has 1 atom stereocenters. The molecule has 230 valence electrons. The van der Waals surface area contributed by atoms with Gasteiger partial charge in [-0.1, -0.05) is 66.7 Å². The van der Waals surface area contributed by atoms with Crippen LogP contribution in [0.2, 0.25) is 0 Å². The number of carbonyl (C=O) groups excluding carboxylic acids is 1. The standard InChI is InChI=1S/C38H39N3O4/c1-27-23-33(36(30-17-19-32(42)20-18-30)41(27)34-15-10-16-35(44-2)37(34)45-3)38(43)40-22-21-39(25-29-13-8-5-9-14-29)26-31(40)24-28-11-6-4-7-12-28/h4-20,23,31,42H,21-22,24-26H2,1-3H3/t31-/m1/s1. The first-order valence-electron chi connectivity index (χ1n) is 15.3. The highest BCUT2D eigenvalue weighted by Gasteiger charge is 2.34. The van der Waals surface area contributed by atoms with E-state index in [-0.39, 0.29) is 17.7 Å². The molecular weight excluding hydrogens is 562 g/mol. The average Bonchev–Trinajstić information content (AvgIpc) is 3.42. The van der Waals surface area contributed by atoms with Crippen molar-refractivity contribution in [1.29, 1.82) is 0 Å². The van der Waals surface area contributed by atoms with Crippen LogP contribution >= 0.6 is 0 Å². The number of aromatic hydroxyl groups is 1. The number of methoxy groups -OCH3 is 2. The van der Waals surface area contributed by atoms with Gasteiger partial charge >= 0.3 is 0 Å². The van der Waals surface area contributed by atoms with E-state index in [2.05, 4.69) is 62.9 Å². The average molecular weight is 602 g/mol. The Bertz CT molecular complexity index is 1750. The van der Waals surface area contributed by atoms with E-state index >= 15 is 0 Å². The molecule has 1 aliphatic heterocycles. The van der Waals surface area contributed by atoms with Gasteiger partial charge in [-0.3, -0.25) is 9.69 Å². The van der Waals surface area contributed by atoms with Gasteiger partial charge in [0.25, 0.3) is 5.91 Å². The van der Waals surface area contributed by atoms with Gasteiger partial charge < -0.3 is 24.0 Å². The number of hydrogen-bond acceptors (Lipinski definition) is 5. The third-order valence-electron chi connectivity index (χ3n) is 8.57. The normalized spacial score (nSPS) is 15.2. The highest BCUT2D eigenvalue weighted by molar-refractivity contribution is 6.01. The number of piperazine rings is 1. The van der Waals surface area contributed by atoms with Crippen molar-refractivity contribution in [3.05, 3.63) is 132 Å². The number of para-hydroxylation sites is 1. The Hall–Kier alpha value is -5.01. The van der Waals surface area contributed by atoms with Crippen LogP contribution in [0.3, 0.4) is 0 Å². The second-order valence-corrected chi connectivity index (χ2v) is 11.5. The van der Waals surface area contributed by atoms with Crippen molar-refractivity contribution in [2.75, 3.05) is 33.9 Å². The largest absolute Gasteiger partial charge is 0.508 e. The summed E-state index contributed by atoms with van der Waals surface area (Å²) in [6.45, 7) is 5.01. The molecule has 2 heterocycles. The van der Waals surface area contributed by atoms with Gasteiger partial charge in [-0.05, 0) is 72.5 Å². The zero-order valence-corrected chi connectivity index (χ0v) is 26.0. The number of hydrogen-bond donors (Lipinski definition) is 1. The van der Waals surface area contributed by atoms with Gasteiger partial charge in [-0.15, -0.1) is 0 Å². The van der Waals surface area contributed by atoms with E-state index in [9.17, 15) is 9.90 Å². The fourth-order valence-corrected chi connectivity index (χ4v) is 6.45. The second-order valence-electron chi connectivity index (χ2n) is 11.5. The predicted octanol–water partition coefficient (Wildman–Crippen LogP) is 6.74. The predicted molar refractivity (Wildman–Crippen MR) is 177 cm³/mol. The molecule has 0 bridgehead atoms. The van der Waals surface area contributed by atoms with Crippen molar-refractivity contribution in [3.63, 3.8) is 0 Å². The van der Waals surface area contributed by atoms with Crippen molar-refractivity contribution in [3.8, 4) is 34.2 Å². The summed E-state index contributed by atoms with van der Waals surface area (Å²) in [6, 6.07) is 35.6. The first-order chi connectivity index (χ1) is 22.0. The maximum absolute atomic E-state index is 14.8. The van der Waals surface area contributed by atoms with Crippen molar-refractivity contribution in [2.45, 2.75) is 25.9 Å². The Morgan fingerprint density at radius 3 is 2.18 bits per heavy atom. The Balaban J connectivity index is 1.42. The molecule has 0 unspecified atom stereocenters. The van der Waals surface area contributed by atoms with Crippen LogP contribution in [0.15, 0.2) is 109 Å². The Morgan fingerprint density at radius 1 is 0.822 bits per heavy atom. The number of aryl methyl sites for hydroxylation is 1. The summed E-state index contributed by atoms with van der Waals surface area (Å²) >= 11 is 0. The molecule has 0 aliphatic carbocycles. The molecule has 4 aromatic carbocycles. The minimum Gasteiger partial charge on any atom is -0.508 e. The number of amides is 1. The van der Waals surface area contributed by atoms with Gasteiger partial charge in [-0.2, -0.15) is 0 Å². The van der Waals surface area contributed by atoms with Crippen LogP contribution in [0.1, 0.15) is 27.2 Å². The van der Waals surface area contributed by atoms with Gasteiger partial charge in [0.2, 0.25) is 0 Å². The first kappa shape index (κ1) is 30.0. The SMILES string of the molecule is COc1cccc(-n2c(C)cc(C(=O)N3CCN(Cc4ccccc4)C[C@H]3Cc3ccccc3)c2-c2ccc(O)cc2)c1OC. The molecule has 45 heavy (non-hydrogen) atoms. The molecule has 1 fully saturated rings. The number of phenolic OH excluding ortho intramolecular Hbond substituents is 1. The molecule has 7 nitrogen and oxygen atoms in total. The van der Waals surface area contributed by atoms with Crippen LogP contribution in [0.25, 0.3) is 16.9 Å². The molecule has 1 aromatic heterocycles. The van der Waals surface area contributed by atoms with E-state index in [1.165, 1.54) is 11.1 Å². The minimum absolute atomic E-state index is 0.0120. The molecule has 1 saturated heterocycles. The van der Waals surface area contributed by atoms with Crippen molar-refractivity contribution < 1.29 is 19.4 Å². The summed E-state index contributed by atoms with van der Waals surface area (Å²) in [5.74, 6) is 1.33. The van der Waals surface area contributed by atoms with E-state index in [1.807, 2.05) is 55.5 Å². The Labute approximate surface area is 264 Å². The summed E-state index contributed by atoms with van der Waals surface area (Å²) in [4.78, 5) is 19.3. The van der Waals surface area contributed by atoms with Gasteiger partial charge in [0, 0.05) is 37.9 Å². The van der Waals surface area contributed by atoms with Crippen LogP contribution < -0.4 is 9.47 Å². The minimum atomic E-state index is -0.0139. The van der Waals surface area contributed by atoms with Crippen LogP contribution in [-0.2, 0) is 13.0 Å². The van der Waals surface area contributed by atoms with Gasteiger partial charge in [0.1, 0.15) is 5.75 Å². The number of phenols is 1. The zero-order valence-electron chi connectivity index (χ0n) is 26.0. The Kier molecular flexibility index (Phi) is 8.89. The number of nitrogens with zero attached hydrogens (tertiary/aromatic N) is 3. The highest BCUT2D eigenvalue weighted by atomic mass is 16.5. The molecule has 1 N–H and O–H groups in total. The molecule has 1 aliphatic rings. The van der Waals surface area contributed by atoms with E-state index in [0.29, 0.717) is 23.6 Å². The maximum atomic E-state index is 14.8. The highest BCUT2D eigenvalue weighted by Crippen LogP contribution is 2.40. The van der Waals surface area contributed by atoms with Crippen LogP contribution in [-0.4, -0.2) is 65.3 Å². The summed E-state index contributed by atoms with van der Waals surface area (Å²) in [6.07, 6.45) is 0.760. The smallest absolute Gasteiger partial charge is 0.256 e.